The first-order valence-electron chi connectivity index (χ1n) is 6.41. The molecule has 0 radical (unpaired) electrons. The van der Waals surface area contributed by atoms with Gasteiger partial charge in [-0.3, -0.25) is 10.1 Å². The van der Waals surface area contributed by atoms with Crippen molar-refractivity contribution in [3.63, 3.8) is 0 Å². The second-order valence-corrected chi connectivity index (χ2v) is 4.51. The van der Waals surface area contributed by atoms with Crippen molar-refractivity contribution in [1.82, 2.24) is 15.5 Å². The second kappa shape index (κ2) is 6.25. The van der Waals surface area contributed by atoms with E-state index < -0.39 is 4.92 Å². The molecule has 0 aliphatic heterocycles. The molecule has 0 saturated heterocycles. The number of hydrogen-bond donors (Lipinski definition) is 1. The van der Waals surface area contributed by atoms with Gasteiger partial charge in [-0.25, -0.2) is 0 Å². The average molecular weight is 276 g/mol. The molecule has 1 aromatic heterocycles. The van der Waals surface area contributed by atoms with Crippen LogP contribution in [-0.4, -0.2) is 21.1 Å². The van der Waals surface area contributed by atoms with Crippen LogP contribution in [-0.2, 0) is 6.54 Å². The van der Waals surface area contributed by atoms with Crippen molar-refractivity contribution in [1.29, 1.82) is 0 Å². The Morgan fingerprint density at radius 2 is 2.30 bits per heavy atom. The van der Waals surface area contributed by atoms with E-state index in [1.54, 1.807) is 12.1 Å². The lowest BCUT2D eigenvalue weighted by Gasteiger charge is -2.07. The zero-order valence-electron chi connectivity index (χ0n) is 11.4. The van der Waals surface area contributed by atoms with Gasteiger partial charge in [-0.2, -0.15) is 4.98 Å². The van der Waals surface area contributed by atoms with Crippen molar-refractivity contribution in [3.05, 3.63) is 40.3 Å². The Bertz CT molecular complexity index is 597. The van der Waals surface area contributed by atoms with E-state index in [2.05, 4.69) is 29.3 Å². The zero-order valence-corrected chi connectivity index (χ0v) is 11.4. The van der Waals surface area contributed by atoms with Gasteiger partial charge in [0, 0.05) is 23.7 Å². The summed E-state index contributed by atoms with van der Waals surface area (Å²) in [5, 5.41) is 17.8. The molecule has 7 heteroatoms. The number of benzene rings is 1. The molecule has 20 heavy (non-hydrogen) atoms. The van der Waals surface area contributed by atoms with Crippen LogP contribution in [0, 0.1) is 10.1 Å². The fraction of sp³-hybridized carbons (Fsp3) is 0.385. The molecule has 0 amide bonds. The number of nitrogens with zero attached hydrogens (tertiary/aromatic N) is 3. The number of nitrogens with one attached hydrogen (secondary N) is 1. The summed E-state index contributed by atoms with van der Waals surface area (Å²) in [5.74, 6) is 0.821. The van der Waals surface area contributed by atoms with E-state index in [9.17, 15) is 10.1 Å². The Morgan fingerprint density at radius 3 is 3.00 bits per heavy atom. The molecule has 1 N–H and O–H groups in total. The highest BCUT2D eigenvalue weighted by Crippen LogP contribution is 2.21. The third-order valence-corrected chi connectivity index (χ3v) is 3.00. The Hall–Kier alpha value is -2.28. The van der Waals surface area contributed by atoms with Crippen molar-refractivity contribution in [2.45, 2.75) is 32.9 Å². The van der Waals surface area contributed by atoms with Crippen molar-refractivity contribution in [3.8, 4) is 11.4 Å². The number of aromatic nitrogens is 2. The van der Waals surface area contributed by atoms with Gasteiger partial charge in [0.05, 0.1) is 11.5 Å². The van der Waals surface area contributed by atoms with E-state index in [1.165, 1.54) is 12.1 Å². The van der Waals surface area contributed by atoms with E-state index in [-0.39, 0.29) is 5.69 Å². The van der Waals surface area contributed by atoms with Crippen molar-refractivity contribution in [2.75, 3.05) is 0 Å². The zero-order chi connectivity index (χ0) is 14.5. The summed E-state index contributed by atoms with van der Waals surface area (Å²) in [4.78, 5) is 14.5. The number of non-ortho nitro benzene ring substituents is 1. The SMILES string of the molecule is CCC(C)NCc1nc(-c2cccc([N+](=O)[O-])c2)no1. The Balaban J connectivity index is 2.12. The van der Waals surface area contributed by atoms with Crippen molar-refractivity contribution < 1.29 is 9.45 Å². The standard InChI is InChI=1S/C13H16N4O3/c1-3-9(2)14-8-12-15-13(16-20-12)10-5-4-6-11(7-10)17(18)19/h4-7,9,14H,3,8H2,1-2H3. The highest BCUT2D eigenvalue weighted by Gasteiger charge is 2.12. The molecule has 0 spiro atoms. The normalized spacial score (nSPS) is 12.3. The largest absolute Gasteiger partial charge is 0.338 e. The molecular weight excluding hydrogens is 260 g/mol. The maximum Gasteiger partial charge on any atom is 0.270 e. The van der Waals surface area contributed by atoms with Crippen LogP contribution in [0.5, 0.6) is 0 Å². The lowest BCUT2D eigenvalue weighted by molar-refractivity contribution is -0.384. The molecule has 106 valence electrons. The van der Waals surface area contributed by atoms with E-state index in [1.807, 2.05) is 0 Å². The highest BCUT2D eigenvalue weighted by molar-refractivity contribution is 5.58. The third-order valence-electron chi connectivity index (χ3n) is 3.00. The molecule has 7 nitrogen and oxygen atoms in total. The third kappa shape index (κ3) is 3.39. The molecule has 0 bridgehead atoms. The number of nitro benzene ring substituents is 1. The lowest BCUT2D eigenvalue weighted by Crippen LogP contribution is -2.24. The van der Waals surface area contributed by atoms with E-state index in [0.29, 0.717) is 29.9 Å². The summed E-state index contributed by atoms with van der Waals surface area (Å²) < 4.78 is 5.12. The van der Waals surface area contributed by atoms with Crippen LogP contribution >= 0.6 is 0 Å². The Morgan fingerprint density at radius 1 is 1.50 bits per heavy atom. The maximum atomic E-state index is 10.7. The quantitative estimate of drug-likeness (QED) is 0.643. The number of hydrogen-bond acceptors (Lipinski definition) is 6. The number of nitro groups is 1. The van der Waals surface area contributed by atoms with Gasteiger partial charge in [0.2, 0.25) is 11.7 Å². The van der Waals surface area contributed by atoms with Gasteiger partial charge in [-0.1, -0.05) is 24.2 Å². The first-order valence-corrected chi connectivity index (χ1v) is 6.41. The minimum Gasteiger partial charge on any atom is -0.338 e. The summed E-state index contributed by atoms with van der Waals surface area (Å²) in [7, 11) is 0. The van der Waals surface area contributed by atoms with Gasteiger partial charge in [0.15, 0.2) is 0 Å². The molecule has 1 unspecified atom stereocenters. The molecule has 2 rings (SSSR count). The van der Waals surface area contributed by atoms with Gasteiger partial charge in [0.1, 0.15) is 0 Å². The van der Waals surface area contributed by atoms with Crippen LogP contribution in [0.3, 0.4) is 0 Å². The van der Waals surface area contributed by atoms with Crippen LogP contribution in [0.2, 0.25) is 0 Å². The molecule has 2 aromatic rings. The molecule has 1 atom stereocenters. The molecule has 0 saturated carbocycles. The second-order valence-electron chi connectivity index (χ2n) is 4.51. The summed E-state index contributed by atoms with van der Waals surface area (Å²) >= 11 is 0. The Kier molecular flexibility index (Phi) is 4.41. The van der Waals surface area contributed by atoms with E-state index in [4.69, 9.17) is 4.52 Å². The first-order chi connectivity index (χ1) is 9.60. The molecule has 0 aliphatic carbocycles. The minimum absolute atomic E-state index is 0.00609. The van der Waals surface area contributed by atoms with Crippen LogP contribution in [0.1, 0.15) is 26.2 Å². The summed E-state index contributed by atoms with van der Waals surface area (Å²) in [6.45, 7) is 4.63. The van der Waals surface area contributed by atoms with Crippen LogP contribution in [0.15, 0.2) is 28.8 Å². The van der Waals surface area contributed by atoms with Gasteiger partial charge < -0.3 is 9.84 Å². The van der Waals surface area contributed by atoms with Crippen LogP contribution in [0.25, 0.3) is 11.4 Å². The van der Waals surface area contributed by atoms with Gasteiger partial charge in [-0.15, -0.1) is 0 Å². The first kappa shape index (κ1) is 14.1. The average Bonchev–Trinajstić information content (AvgIpc) is 2.93. The highest BCUT2D eigenvalue weighted by atomic mass is 16.6. The molecule has 1 aromatic carbocycles. The fourth-order valence-corrected chi connectivity index (χ4v) is 1.61. The molecular formula is C13H16N4O3. The van der Waals surface area contributed by atoms with Crippen molar-refractivity contribution >= 4 is 5.69 Å². The minimum atomic E-state index is -0.449. The maximum absolute atomic E-state index is 10.7. The topological polar surface area (TPSA) is 94.1 Å². The molecule has 1 heterocycles. The van der Waals surface area contributed by atoms with E-state index >= 15 is 0 Å². The van der Waals surface area contributed by atoms with Crippen LogP contribution < -0.4 is 5.32 Å². The van der Waals surface area contributed by atoms with E-state index in [0.717, 1.165) is 6.42 Å². The van der Waals surface area contributed by atoms with Gasteiger partial charge in [-0.05, 0) is 13.3 Å². The van der Waals surface area contributed by atoms with Gasteiger partial charge in [0.25, 0.3) is 5.69 Å². The summed E-state index contributed by atoms with van der Waals surface area (Å²) in [6, 6.07) is 6.53. The predicted molar refractivity (Wildman–Crippen MR) is 73.0 cm³/mol. The van der Waals surface area contributed by atoms with Gasteiger partial charge >= 0.3 is 0 Å². The smallest absolute Gasteiger partial charge is 0.270 e. The van der Waals surface area contributed by atoms with Crippen LogP contribution in [0.4, 0.5) is 5.69 Å². The predicted octanol–water partition coefficient (Wildman–Crippen LogP) is 2.53. The summed E-state index contributed by atoms with van der Waals surface area (Å²) in [5.41, 5.74) is 0.573. The summed E-state index contributed by atoms with van der Waals surface area (Å²) in [6.07, 6.45) is 1.01. The Labute approximate surface area is 116 Å². The fourth-order valence-electron chi connectivity index (χ4n) is 1.61. The lowest BCUT2D eigenvalue weighted by atomic mass is 10.2. The molecule has 0 fully saturated rings. The number of rotatable bonds is 6. The monoisotopic (exact) mass is 276 g/mol. The van der Waals surface area contributed by atoms with Crippen molar-refractivity contribution in [2.24, 2.45) is 0 Å². The molecule has 0 aliphatic rings.